The number of rotatable bonds is 5. The Kier molecular flexibility index (Phi) is 5.81. The van der Waals surface area contributed by atoms with E-state index in [0.717, 1.165) is 30.3 Å². The Morgan fingerprint density at radius 2 is 2.00 bits per heavy atom. The number of aromatic nitrogens is 1. The fourth-order valence-electron chi connectivity index (χ4n) is 3.53. The van der Waals surface area contributed by atoms with Gasteiger partial charge < -0.3 is 5.32 Å². The second-order valence-corrected chi connectivity index (χ2v) is 6.96. The van der Waals surface area contributed by atoms with Gasteiger partial charge in [-0.3, -0.25) is 14.7 Å². The molecule has 1 aliphatic rings. The Morgan fingerprint density at radius 3 is 2.79 bits per heavy atom. The molecule has 1 amide bonds. The maximum atomic E-state index is 12.3. The maximum absolute atomic E-state index is 12.3. The smallest absolute Gasteiger partial charge is 0.234 e. The van der Waals surface area contributed by atoms with Gasteiger partial charge in [0, 0.05) is 24.2 Å². The van der Waals surface area contributed by atoms with Crippen LogP contribution in [0, 0.1) is 0 Å². The second-order valence-electron chi connectivity index (χ2n) is 6.96. The molecule has 0 radical (unpaired) electrons. The molecule has 4 nitrogen and oxygen atoms in total. The lowest BCUT2D eigenvalue weighted by Crippen LogP contribution is -2.40. The number of likely N-dealkylation sites (N-methyl/N-ethyl adjacent to an activating group) is 1. The lowest BCUT2D eigenvalue weighted by molar-refractivity contribution is -0.122. The monoisotopic (exact) mass is 325 g/mol. The summed E-state index contributed by atoms with van der Waals surface area (Å²) in [4.78, 5) is 18.7. The van der Waals surface area contributed by atoms with Gasteiger partial charge in [-0.15, -0.1) is 0 Å². The van der Waals surface area contributed by atoms with Crippen LogP contribution in [0.1, 0.15) is 44.1 Å². The molecule has 0 unspecified atom stereocenters. The molecule has 1 N–H and O–H groups in total. The number of fused-ring (bicyclic) bond motifs is 1. The summed E-state index contributed by atoms with van der Waals surface area (Å²) >= 11 is 0. The Labute approximate surface area is 144 Å². The first-order chi connectivity index (χ1) is 11.7. The molecule has 4 heteroatoms. The molecule has 1 saturated carbocycles. The van der Waals surface area contributed by atoms with E-state index in [1.807, 2.05) is 25.4 Å². The number of benzene rings is 1. The van der Waals surface area contributed by atoms with Crippen LogP contribution in [0.15, 0.2) is 36.5 Å². The topological polar surface area (TPSA) is 45.2 Å². The highest BCUT2D eigenvalue weighted by molar-refractivity contribution is 5.79. The fraction of sp³-hybridized carbons (Fsp3) is 0.500. The standard InChI is InChI=1S/C20H27N3O/c1-23(15-20(24)22-18-8-4-2-3-5-9-18)14-16-10-11-19-17(13-16)7-6-12-21-19/h6-7,10-13,18H,2-5,8-9,14-15H2,1H3,(H,22,24). The van der Waals surface area contributed by atoms with Crippen LogP contribution >= 0.6 is 0 Å². The third-order valence-corrected chi connectivity index (χ3v) is 4.75. The molecular weight excluding hydrogens is 298 g/mol. The molecule has 1 aromatic heterocycles. The van der Waals surface area contributed by atoms with E-state index >= 15 is 0 Å². The number of carbonyl (C=O) groups is 1. The van der Waals surface area contributed by atoms with Gasteiger partial charge in [-0.2, -0.15) is 0 Å². The zero-order valence-electron chi connectivity index (χ0n) is 14.5. The molecular formula is C20H27N3O. The van der Waals surface area contributed by atoms with Crippen molar-refractivity contribution in [2.24, 2.45) is 0 Å². The minimum atomic E-state index is 0.145. The molecule has 0 saturated heterocycles. The number of nitrogens with one attached hydrogen (secondary N) is 1. The lowest BCUT2D eigenvalue weighted by atomic mass is 10.1. The van der Waals surface area contributed by atoms with Crippen LogP contribution in [0.5, 0.6) is 0 Å². The number of hydrogen-bond donors (Lipinski definition) is 1. The van der Waals surface area contributed by atoms with Crippen molar-refractivity contribution in [3.63, 3.8) is 0 Å². The van der Waals surface area contributed by atoms with Crippen molar-refractivity contribution in [1.82, 2.24) is 15.2 Å². The summed E-state index contributed by atoms with van der Waals surface area (Å²) in [7, 11) is 2.00. The van der Waals surface area contributed by atoms with E-state index in [1.54, 1.807) is 0 Å². The molecule has 0 bridgehead atoms. The quantitative estimate of drug-likeness (QED) is 0.856. The van der Waals surface area contributed by atoms with Gasteiger partial charge in [0.25, 0.3) is 0 Å². The largest absolute Gasteiger partial charge is 0.352 e. The number of nitrogens with zero attached hydrogens (tertiary/aromatic N) is 2. The maximum Gasteiger partial charge on any atom is 0.234 e. The highest BCUT2D eigenvalue weighted by atomic mass is 16.2. The van der Waals surface area contributed by atoms with Gasteiger partial charge in [-0.05, 0) is 43.7 Å². The predicted octanol–water partition coefficient (Wildman–Crippen LogP) is 3.51. The van der Waals surface area contributed by atoms with Crippen LogP contribution in [0.4, 0.5) is 0 Å². The van der Waals surface area contributed by atoms with Gasteiger partial charge in [-0.25, -0.2) is 0 Å². The van der Waals surface area contributed by atoms with Crippen molar-refractivity contribution < 1.29 is 4.79 Å². The average molecular weight is 325 g/mol. The van der Waals surface area contributed by atoms with Crippen molar-refractivity contribution in [1.29, 1.82) is 0 Å². The first kappa shape index (κ1) is 16.9. The molecule has 3 rings (SSSR count). The predicted molar refractivity (Wildman–Crippen MR) is 97.7 cm³/mol. The van der Waals surface area contributed by atoms with E-state index in [0.29, 0.717) is 12.6 Å². The van der Waals surface area contributed by atoms with Crippen molar-refractivity contribution in [2.75, 3.05) is 13.6 Å². The minimum absolute atomic E-state index is 0.145. The van der Waals surface area contributed by atoms with Crippen molar-refractivity contribution in [2.45, 2.75) is 51.1 Å². The van der Waals surface area contributed by atoms with E-state index < -0.39 is 0 Å². The first-order valence-corrected chi connectivity index (χ1v) is 9.02. The van der Waals surface area contributed by atoms with Gasteiger partial charge in [-0.1, -0.05) is 37.8 Å². The highest BCUT2D eigenvalue weighted by Gasteiger charge is 2.15. The van der Waals surface area contributed by atoms with Gasteiger partial charge in [0.15, 0.2) is 0 Å². The Bertz CT molecular complexity index is 677. The summed E-state index contributed by atoms with van der Waals surface area (Å²) in [6, 6.07) is 10.7. The Balaban J connectivity index is 1.51. The van der Waals surface area contributed by atoms with Crippen molar-refractivity contribution >= 4 is 16.8 Å². The van der Waals surface area contributed by atoms with E-state index in [4.69, 9.17) is 0 Å². The van der Waals surface area contributed by atoms with Crippen LogP contribution in [-0.2, 0) is 11.3 Å². The second kappa shape index (κ2) is 8.25. The van der Waals surface area contributed by atoms with Gasteiger partial charge >= 0.3 is 0 Å². The minimum Gasteiger partial charge on any atom is -0.352 e. The summed E-state index contributed by atoms with van der Waals surface area (Å²) in [6.45, 7) is 1.21. The van der Waals surface area contributed by atoms with Crippen molar-refractivity contribution in [3.8, 4) is 0 Å². The van der Waals surface area contributed by atoms with E-state index in [2.05, 4.69) is 33.4 Å². The molecule has 0 atom stereocenters. The van der Waals surface area contributed by atoms with Crippen LogP contribution in [-0.4, -0.2) is 35.4 Å². The molecule has 128 valence electrons. The van der Waals surface area contributed by atoms with Crippen LogP contribution in [0.2, 0.25) is 0 Å². The van der Waals surface area contributed by atoms with Crippen LogP contribution in [0.25, 0.3) is 10.9 Å². The average Bonchev–Trinajstić information content (AvgIpc) is 2.83. The molecule has 24 heavy (non-hydrogen) atoms. The summed E-state index contributed by atoms with van der Waals surface area (Å²) in [5, 5.41) is 4.36. The number of hydrogen-bond acceptors (Lipinski definition) is 3. The number of pyridine rings is 1. The van der Waals surface area contributed by atoms with E-state index in [1.165, 1.54) is 31.2 Å². The molecule has 2 aromatic rings. The normalized spacial score (nSPS) is 16.2. The third kappa shape index (κ3) is 4.78. The van der Waals surface area contributed by atoms with Gasteiger partial charge in [0.2, 0.25) is 5.91 Å². The molecule has 0 spiro atoms. The summed E-state index contributed by atoms with van der Waals surface area (Å²) < 4.78 is 0. The SMILES string of the molecule is CN(CC(=O)NC1CCCCCC1)Cc1ccc2ncccc2c1. The fourth-order valence-corrected chi connectivity index (χ4v) is 3.53. The lowest BCUT2D eigenvalue weighted by Gasteiger charge is -2.20. The van der Waals surface area contributed by atoms with Crippen molar-refractivity contribution in [3.05, 3.63) is 42.1 Å². The Morgan fingerprint density at radius 1 is 1.21 bits per heavy atom. The highest BCUT2D eigenvalue weighted by Crippen LogP contribution is 2.17. The molecule has 0 aliphatic heterocycles. The Hall–Kier alpha value is -1.94. The van der Waals surface area contributed by atoms with Gasteiger partial charge in [0.05, 0.1) is 12.1 Å². The molecule has 1 aliphatic carbocycles. The van der Waals surface area contributed by atoms with Gasteiger partial charge in [0.1, 0.15) is 0 Å². The molecule has 1 fully saturated rings. The third-order valence-electron chi connectivity index (χ3n) is 4.75. The summed E-state index contributed by atoms with van der Waals surface area (Å²) in [6.07, 6.45) is 9.18. The molecule has 1 heterocycles. The van der Waals surface area contributed by atoms with E-state index in [9.17, 15) is 4.79 Å². The van der Waals surface area contributed by atoms with Crippen LogP contribution < -0.4 is 5.32 Å². The number of amides is 1. The van der Waals surface area contributed by atoms with E-state index in [-0.39, 0.29) is 5.91 Å². The van der Waals surface area contributed by atoms with Crippen LogP contribution in [0.3, 0.4) is 0 Å². The summed E-state index contributed by atoms with van der Waals surface area (Å²) in [5.41, 5.74) is 2.22. The number of carbonyl (C=O) groups excluding carboxylic acids is 1. The zero-order chi connectivity index (χ0) is 16.8. The summed E-state index contributed by atoms with van der Waals surface area (Å²) in [5.74, 6) is 0.145. The molecule has 1 aromatic carbocycles. The first-order valence-electron chi connectivity index (χ1n) is 9.02. The zero-order valence-corrected chi connectivity index (χ0v) is 14.5.